The minimum atomic E-state index is -0.225. The van der Waals surface area contributed by atoms with Crippen LogP contribution in [0.4, 0.5) is 0 Å². The van der Waals surface area contributed by atoms with Crippen LogP contribution in [0.5, 0.6) is 0 Å². The van der Waals surface area contributed by atoms with Crippen LogP contribution in [0.3, 0.4) is 0 Å². The molecule has 0 spiro atoms. The highest BCUT2D eigenvalue weighted by Crippen LogP contribution is 2.25. The molecule has 2 amide bonds. The van der Waals surface area contributed by atoms with Gasteiger partial charge in [-0.25, -0.2) is 0 Å². The van der Waals surface area contributed by atoms with Gasteiger partial charge in [-0.1, -0.05) is 12.0 Å². The first-order valence-corrected chi connectivity index (χ1v) is 8.40. The summed E-state index contributed by atoms with van der Waals surface area (Å²) >= 11 is 0. The van der Waals surface area contributed by atoms with Crippen LogP contribution in [0.1, 0.15) is 56.7 Å². The highest BCUT2D eigenvalue weighted by molar-refractivity contribution is 5.89. The van der Waals surface area contributed by atoms with Gasteiger partial charge in [0.15, 0.2) is 0 Å². The molecule has 1 saturated carbocycles. The fourth-order valence-electron chi connectivity index (χ4n) is 3.48. The van der Waals surface area contributed by atoms with Crippen molar-refractivity contribution in [1.82, 2.24) is 20.4 Å². The van der Waals surface area contributed by atoms with Crippen LogP contribution in [0.15, 0.2) is 23.9 Å². The molecule has 1 aliphatic carbocycles. The number of allylic oxidation sites excluding steroid dienone is 1. The molecule has 0 aromatic carbocycles. The smallest absolute Gasteiger partial charge is 0.244 e. The molecular weight excluding hydrogens is 292 g/mol. The molecule has 0 radical (unpaired) electrons. The zero-order valence-electron chi connectivity index (χ0n) is 13.5. The number of hydrogen-bond donors (Lipinski definition) is 2. The van der Waals surface area contributed by atoms with E-state index in [0.29, 0.717) is 12.8 Å². The number of hydrogen-bond acceptors (Lipinski definition) is 3. The Morgan fingerprint density at radius 2 is 2.13 bits per heavy atom. The van der Waals surface area contributed by atoms with Gasteiger partial charge in [-0.15, -0.1) is 0 Å². The zero-order valence-corrected chi connectivity index (χ0v) is 13.5. The molecule has 2 atom stereocenters. The van der Waals surface area contributed by atoms with Crippen molar-refractivity contribution in [2.24, 2.45) is 7.05 Å². The van der Waals surface area contributed by atoms with Crippen molar-refractivity contribution in [3.05, 3.63) is 29.6 Å². The predicted molar refractivity (Wildman–Crippen MR) is 86.4 cm³/mol. The predicted octanol–water partition coefficient (Wildman–Crippen LogP) is 1.75. The van der Waals surface area contributed by atoms with Gasteiger partial charge in [0.05, 0.1) is 17.8 Å². The number of amides is 2. The van der Waals surface area contributed by atoms with Gasteiger partial charge in [-0.05, 0) is 38.2 Å². The largest absolute Gasteiger partial charge is 0.347 e. The second-order valence-electron chi connectivity index (χ2n) is 6.44. The van der Waals surface area contributed by atoms with E-state index >= 15 is 0 Å². The van der Waals surface area contributed by atoms with Crippen LogP contribution >= 0.6 is 0 Å². The summed E-state index contributed by atoms with van der Waals surface area (Å²) in [5.74, 6) is -0.0254. The minimum Gasteiger partial charge on any atom is -0.347 e. The summed E-state index contributed by atoms with van der Waals surface area (Å²) in [4.78, 5) is 24.1. The summed E-state index contributed by atoms with van der Waals surface area (Å²) in [6.07, 6.45) is 10.2. The molecule has 124 valence electrons. The van der Waals surface area contributed by atoms with Crippen molar-refractivity contribution in [3.8, 4) is 0 Å². The third-order valence-corrected chi connectivity index (χ3v) is 4.74. The van der Waals surface area contributed by atoms with Crippen molar-refractivity contribution in [2.75, 3.05) is 0 Å². The molecular formula is C17H24N4O2. The van der Waals surface area contributed by atoms with E-state index in [2.05, 4.69) is 15.7 Å². The minimum absolute atomic E-state index is 0.0207. The number of rotatable bonds is 3. The van der Waals surface area contributed by atoms with Gasteiger partial charge >= 0.3 is 0 Å². The highest BCUT2D eigenvalue weighted by atomic mass is 16.2. The third-order valence-electron chi connectivity index (χ3n) is 4.74. The molecule has 3 rings (SSSR count). The van der Waals surface area contributed by atoms with Crippen molar-refractivity contribution in [1.29, 1.82) is 0 Å². The van der Waals surface area contributed by atoms with Crippen LogP contribution in [0, 0.1) is 0 Å². The van der Waals surface area contributed by atoms with Crippen molar-refractivity contribution < 1.29 is 9.59 Å². The number of nitrogens with one attached hydrogen (secondary N) is 2. The Morgan fingerprint density at radius 1 is 1.35 bits per heavy atom. The number of nitrogens with zero attached hydrogens (tertiary/aromatic N) is 2. The van der Waals surface area contributed by atoms with Crippen LogP contribution in [0.2, 0.25) is 0 Å². The van der Waals surface area contributed by atoms with Gasteiger partial charge in [0.2, 0.25) is 11.8 Å². The van der Waals surface area contributed by atoms with E-state index in [9.17, 15) is 9.59 Å². The van der Waals surface area contributed by atoms with Gasteiger partial charge in [0.25, 0.3) is 0 Å². The van der Waals surface area contributed by atoms with Gasteiger partial charge in [0.1, 0.15) is 0 Å². The molecule has 2 N–H and O–H groups in total. The maximum atomic E-state index is 12.3. The van der Waals surface area contributed by atoms with Gasteiger partial charge in [-0.2, -0.15) is 5.10 Å². The van der Waals surface area contributed by atoms with Crippen LogP contribution in [0.25, 0.3) is 0 Å². The molecule has 23 heavy (non-hydrogen) atoms. The van der Waals surface area contributed by atoms with Gasteiger partial charge < -0.3 is 10.6 Å². The van der Waals surface area contributed by atoms with Crippen molar-refractivity contribution in [3.63, 3.8) is 0 Å². The Balaban J connectivity index is 1.70. The maximum Gasteiger partial charge on any atom is 0.244 e. The van der Waals surface area contributed by atoms with Crippen LogP contribution in [-0.4, -0.2) is 27.6 Å². The lowest BCUT2D eigenvalue weighted by atomic mass is 9.93. The average Bonchev–Trinajstić information content (AvgIpc) is 2.96. The topological polar surface area (TPSA) is 76.0 Å². The first kappa shape index (κ1) is 15.8. The van der Waals surface area contributed by atoms with Gasteiger partial charge in [0, 0.05) is 25.7 Å². The van der Waals surface area contributed by atoms with E-state index in [-0.39, 0.29) is 23.9 Å². The molecule has 2 heterocycles. The second-order valence-corrected chi connectivity index (χ2v) is 6.44. The molecule has 0 unspecified atom stereocenters. The van der Waals surface area contributed by atoms with E-state index in [1.807, 2.05) is 13.1 Å². The highest BCUT2D eigenvalue weighted by Gasteiger charge is 2.32. The Labute approximate surface area is 136 Å². The van der Waals surface area contributed by atoms with Crippen LogP contribution in [-0.2, 0) is 16.6 Å². The Bertz CT molecular complexity index is 612. The van der Waals surface area contributed by atoms with E-state index in [0.717, 1.165) is 18.5 Å². The number of carbonyl (C=O) groups excluding carboxylic acids is 2. The van der Waals surface area contributed by atoms with E-state index < -0.39 is 0 Å². The average molecular weight is 316 g/mol. The lowest BCUT2D eigenvalue weighted by Gasteiger charge is -2.32. The van der Waals surface area contributed by atoms with Crippen molar-refractivity contribution in [2.45, 2.75) is 57.0 Å². The molecule has 2 fully saturated rings. The second kappa shape index (κ2) is 6.98. The number of aromatic nitrogens is 2. The lowest BCUT2D eigenvalue weighted by Crippen LogP contribution is -2.50. The zero-order chi connectivity index (χ0) is 16.2. The molecule has 1 aliphatic heterocycles. The normalized spacial score (nSPS) is 24.9. The molecule has 1 saturated heterocycles. The van der Waals surface area contributed by atoms with E-state index in [4.69, 9.17) is 0 Å². The standard InChI is InChI=1S/C17H24N4O2/c1-21-14(9-10-18-21)17-13(7-8-15(22)20-17)19-16(23)11-12-5-3-2-4-6-12/h9-11,13,17H,2-8H2,1H3,(H,19,23)(H,20,22)/t13-,17-/m1/s1. The molecule has 0 bridgehead atoms. The first-order chi connectivity index (χ1) is 11.1. The summed E-state index contributed by atoms with van der Waals surface area (Å²) in [6.45, 7) is 0. The number of aryl methyl sites for hydroxylation is 1. The van der Waals surface area contributed by atoms with E-state index in [1.165, 1.54) is 24.8 Å². The monoisotopic (exact) mass is 316 g/mol. The fraction of sp³-hybridized carbons (Fsp3) is 0.588. The molecule has 2 aliphatic rings. The van der Waals surface area contributed by atoms with E-state index in [1.54, 1.807) is 17.0 Å². The number of piperidine rings is 1. The fourth-order valence-corrected chi connectivity index (χ4v) is 3.48. The molecule has 6 heteroatoms. The Morgan fingerprint density at radius 3 is 2.83 bits per heavy atom. The summed E-state index contributed by atoms with van der Waals surface area (Å²) in [6, 6.07) is 1.56. The molecule has 1 aromatic rings. The summed E-state index contributed by atoms with van der Waals surface area (Å²) in [7, 11) is 1.85. The lowest BCUT2D eigenvalue weighted by molar-refractivity contribution is -0.125. The molecule has 6 nitrogen and oxygen atoms in total. The summed E-state index contributed by atoms with van der Waals surface area (Å²) in [5, 5.41) is 10.2. The quantitative estimate of drug-likeness (QED) is 0.834. The van der Waals surface area contributed by atoms with Crippen molar-refractivity contribution >= 4 is 11.8 Å². The van der Waals surface area contributed by atoms with Crippen LogP contribution < -0.4 is 10.6 Å². The SMILES string of the molecule is Cn1nccc1[C@@H]1NC(=O)CC[C@H]1NC(=O)C=C1CCCCC1. The Hall–Kier alpha value is -2.11. The summed E-state index contributed by atoms with van der Waals surface area (Å²) in [5.41, 5.74) is 2.15. The Kier molecular flexibility index (Phi) is 4.79. The first-order valence-electron chi connectivity index (χ1n) is 8.40. The summed E-state index contributed by atoms with van der Waals surface area (Å²) < 4.78 is 1.75. The molecule has 1 aromatic heterocycles. The maximum absolute atomic E-state index is 12.3. The number of carbonyl (C=O) groups is 2. The van der Waals surface area contributed by atoms with Gasteiger partial charge in [-0.3, -0.25) is 14.3 Å². The third kappa shape index (κ3) is 3.81.